The van der Waals surface area contributed by atoms with Crippen molar-refractivity contribution in [2.45, 2.75) is 44.6 Å². The molecule has 0 aliphatic carbocycles. The van der Waals surface area contributed by atoms with Crippen LogP contribution in [0, 0.1) is 0 Å². The van der Waals surface area contributed by atoms with E-state index in [0.717, 1.165) is 45.1 Å². The summed E-state index contributed by atoms with van der Waals surface area (Å²) in [5.74, 6) is 0. The normalized spacial score (nSPS) is 13.0. The first-order valence-electron chi connectivity index (χ1n) is 6.00. The first-order chi connectivity index (χ1) is 7.35. The second-order valence-electron chi connectivity index (χ2n) is 3.89. The summed E-state index contributed by atoms with van der Waals surface area (Å²) in [5, 5.41) is 20.6. The van der Waals surface area contributed by atoms with E-state index in [9.17, 15) is 0 Å². The van der Waals surface area contributed by atoms with Gasteiger partial charge in [-0.1, -0.05) is 0 Å². The van der Waals surface area contributed by atoms with Gasteiger partial charge >= 0.3 is 0 Å². The molecule has 0 spiro atoms. The highest BCUT2D eigenvalue weighted by atomic mass is 16.3. The molecular weight excluding hydrogens is 192 g/mol. The Morgan fingerprint density at radius 2 is 1.60 bits per heavy atom. The van der Waals surface area contributed by atoms with E-state index in [0.29, 0.717) is 12.6 Å². The molecule has 0 fully saturated rings. The molecule has 0 saturated heterocycles. The zero-order valence-corrected chi connectivity index (χ0v) is 9.62. The molecule has 0 aromatic rings. The lowest BCUT2D eigenvalue weighted by atomic mass is 10.1. The van der Waals surface area contributed by atoms with Gasteiger partial charge in [-0.15, -0.1) is 0 Å². The van der Waals surface area contributed by atoms with E-state index in [-0.39, 0.29) is 13.2 Å². The first kappa shape index (κ1) is 14.8. The van der Waals surface area contributed by atoms with Crippen molar-refractivity contribution in [3.8, 4) is 0 Å². The van der Waals surface area contributed by atoms with Crippen LogP contribution in [0.25, 0.3) is 0 Å². The van der Waals surface area contributed by atoms with E-state index in [1.807, 2.05) is 0 Å². The third-order valence-electron chi connectivity index (χ3n) is 2.51. The molecular formula is C11H26N2O2. The molecule has 4 nitrogen and oxygen atoms in total. The summed E-state index contributed by atoms with van der Waals surface area (Å²) >= 11 is 0. The van der Waals surface area contributed by atoms with Crippen LogP contribution in [0.4, 0.5) is 0 Å². The topological polar surface area (TPSA) is 78.5 Å². The monoisotopic (exact) mass is 218 g/mol. The van der Waals surface area contributed by atoms with Crippen LogP contribution in [-0.2, 0) is 0 Å². The average Bonchev–Trinajstić information content (AvgIpc) is 2.26. The van der Waals surface area contributed by atoms with E-state index in [1.165, 1.54) is 0 Å². The van der Waals surface area contributed by atoms with Crippen LogP contribution in [-0.4, -0.2) is 42.6 Å². The van der Waals surface area contributed by atoms with Gasteiger partial charge in [-0.2, -0.15) is 0 Å². The van der Waals surface area contributed by atoms with Crippen LogP contribution in [0.1, 0.15) is 38.5 Å². The van der Waals surface area contributed by atoms with Gasteiger partial charge in [0.15, 0.2) is 0 Å². The maximum atomic E-state index is 8.65. The summed E-state index contributed by atoms with van der Waals surface area (Å²) in [7, 11) is 0. The van der Waals surface area contributed by atoms with Gasteiger partial charge in [-0.25, -0.2) is 0 Å². The predicted molar refractivity (Wildman–Crippen MR) is 62.7 cm³/mol. The number of aliphatic hydroxyl groups excluding tert-OH is 2. The quantitative estimate of drug-likeness (QED) is 0.374. The lowest BCUT2D eigenvalue weighted by Crippen LogP contribution is -2.36. The third-order valence-corrected chi connectivity index (χ3v) is 2.51. The third kappa shape index (κ3) is 10.1. The van der Waals surface area contributed by atoms with E-state index >= 15 is 0 Å². The fraction of sp³-hybridized carbons (Fsp3) is 1.00. The predicted octanol–water partition coefficient (Wildman–Crippen LogP) is 0.228. The van der Waals surface area contributed by atoms with Crippen molar-refractivity contribution in [2.75, 3.05) is 26.3 Å². The minimum atomic E-state index is 0.272. The zero-order chi connectivity index (χ0) is 11.4. The molecule has 0 aliphatic heterocycles. The fourth-order valence-corrected chi connectivity index (χ4v) is 1.53. The Morgan fingerprint density at radius 1 is 0.933 bits per heavy atom. The van der Waals surface area contributed by atoms with Crippen molar-refractivity contribution in [3.63, 3.8) is 0 Å². The van der Waals surface area contributed by atoms with Crippen LogP contribution in [0.5, 0.6) is 0 Å². The minimum absolute atomic E-state index is 0.272. The number of hydrogen-bond acceptors (Lipinski definition) is 4. The second-order valence-corrected chi connectivity index (χ2v) is 3.89. The van der Waals surface area contributed by atoms with Crippen molar-refractivity contribution < 1.29 is 10.2 Å². The highest BCUT2D eigenvalue weighted by Gasteiger charge is 2.04. The number of aliphatic hydroxyl groups is 2. The maximum Gasteiger partial charge on any atom is 0.0431 e. The first-order valence-corrected chi connectivity index (χ1v) is 6.00. The molecule has 92 valence electrons. The van der Waals surface area contributed by atoms with Crippen molar-refractivity contribution in [3.05, 3.63) is 0 Å². The van der Waals surface area contributed by atoms with Gasteiger partial charge in [-0.3, -0.25) is 0 Å². The van der Waals surface area contributed by atoms with E-state index in [2.05, 4.69) is 5.32 Å². The molecule has 1 unspecified atom stereocenters. The van der Waals surface area contributed by atoms with Crippen LogP contribution in [0.2, 0.25) is 0 Å². The molecule has 0 aromatic carbocycles. The van der Waals surface area contributed by atoms with Gasteiger partial charge in [0.05, 0.1) is 0 Å². The largest absolute Gasteiger partial charge is 0.396 e. The lowest BCUT2D eigenvalue weighted by molar-refractivity contribution is 0.278. The van der Waals surface area contributed by atoms with Crippen molar-refractivity contribution >= 4 is 0 Å². The highest BCUT2D eigenvalue weighted by molar-refractivity contribution is 4.67. The van der Waals surface area contributed by atoms with Gasteiger partial charge < -0.3 is 21.3 Å². The maximum absolute atomic E-state index is 8.65. The van der Waals surface area contributed by atoms with Gasteiger partial charge in [-0.05, 0) is 45.1 Å². The summed E-state index contributed by atoms with van der Waals surface area (Å²) in [6, 6.07) is 0.380. The molecule has 0 radical (unpaired) electrons. The standard InChI is InChI=1S/C11H26N2O2/c12-10-11(6-2-5-9-15)13-7-3-1-4-8-14/h11,13-15H,1-10,12H2. The molecule has 0 amide bonds. The Kier molecular flexibility index (Phi) is 11.8. The molecule has 0 bridgehead atoms. The van der Waals surface area contributed by atoms with Crippen LogP contribution >= 0.6 is 0 Å². The minimum Gasteiger partial charge on any atom is -0.396 e. The number of unbranched alkanes of at least 4 members (excludes halogenated alkanes) is 3. The molecule has 0 heterocycles. The second kappa shape index (κ2) is 11.9. The van der Waals surface area contributed by atoms with Gasteiger partial charge in [0.1, 0.15) is 0 Å². The number of rotatable bonds is 11. The zero-order valence-electron chi connectivity index (χ0n) is 9.62. The van der Waals surface area contributed by atoms with E-state index < -0.39 is 0 Å². The summed E-state index contributed by atoms with van der Waals surface area (Å²) < 4.78 is 0. The summed E-state index contributed by atoms with van der Waals surface area (Å²) in [5.41, 5.74) is 5.63. The molecule has 0 aromatic heterocycles. The molecule has 1 atom stereocenters. The Morgan fingerprint density at radius 3 is 2.20 bits per heavy atom. The number of nitrogens with one attached hydrogen (secondary N) is 1. The van der Waals surface area contributed by atoms with Crippen LogP contribution in [0.15, 0.2) is 0 Å². The van der Waals surface area contributed by atoms with E-state index in [4.69, 9.17) is 15.9 Å². The summed E-state index contributed by atoms with van der Waals surface area (Å²) in [4.78, 5) is 0. The Bertz CT molecular complexity index is 123. The number of nitrogens with two attached hydrogens (primary N) is 1. The SMILES string of the molecule is NCC(CCCCO)NCCCCCO. The van der Waals surface area contributed by atoms with E-state index in [1.54, 1.807) is 0 Å². The number of hydrogen-bond donors (Lipinski definition) is 4. The Balaban J connectivity index is 3.28. The van der Waals surface area contributed by atoms with Crippen molar-refractivity contribution in [1.82, 2.24) is 5.32 Å². The van der Waals surface area contributed by atoms with Gasteiger partial charge in [0, 0.05) is 25.8 Å². The molecule has 4 heteroatoms. The molecule has 0 aliphatic rings. The molecule has 0 saturated carbocycles. The van der Waals surface area contributed by atoms with Crippen LogP contribution < -0.4 is 11.1 Å². The Hall–Kier alpha value is -0.160. The van der Waals surface area contributed by atoms with Crippen molar-refractivity contribution in [1.29, 1.82) is 0 Å². The van der Waals surface area contributed by atoms with Crippen LogP contribution in [0.3, 0.4) is 0 Å². The van der Waals surface area contributed by atoms with Gasteiger partial charge in [0.25, 0.3) is 0 Å². The molecule has 15 heavy (non-hydrogen) atoms. The van der Waals surface area contributed by atoms with Gasteiger partial charge in [0.2, 0.25) is 0 Å². The smallest absolute Gasteiger partial charge is 0.0431 e. The summed E-state index contributed by atoms with van der Waals surface area (Å²) in [6.07, 6.45) is 5.98. The molecule has 5 N–H and O–H groups in total. The Labute approximate surface area is 92.9 Å². The lowest BCUT2D eigenvalue weighted by Gasteiger charge is -2.16. The molecule has 0 rings (SSSR count). The summed E-state index contributed by atoms with van der Waals surface area (Å²) in [6.45, 7) is 2.19. The highest BCUT2D eigenvalue weighted by Crippen LogP contribution is 2.00. The average molecular weight is 218 g/mol. The fourth-order valence-electron chi connectivity index (χ4n) is 1.53. The van der Waals surface area contributed by atoms with Crippen molar-refractivity contribution in [2.24, 2.45) is 5.73 Å².